The highest BCUT2D eigenvalue weighted by atomic mass is 16.1. The highest BCUT2D eigenvalue weighted by molar-refractivity contribution is 5.90. The van der Waals surface area contributed by atoms with Gasteiger partial charge in [-0.2, -0.15) is 0 Å². The molecule has 3 rings (SSSR count). The summed E-state index contributed by atoms with van der Waals surface area (Å²) in [5.41, 5.74) is 8.21. The van der Waals surface area contributed by atoms with E-state index in [2.05, 4.69) is 28.4 Å². The lowest BCUT2D eigenvalue weighted by molar-refractivity contribution is 0.747. The lowest BCUT2D eigenvalue weighted by Crippen LogP contribution is -2.27. The number of nitrogen functional groups attached to an aromatic ring is 1. The van der Waals surface area contributed by atoms with Crippen molar-refractivity contribution in [2.75, 3.05) is 11.1 Å². The Hall–Kier alpha value is -2.24. The monoisotopic (exact) mass is 245 g/mol. The number of H-pyrrole nitrogens is 1. The van der Waals surface area contributed by atoms with Crippen molar-refractivity contribution in [2.45, 2.75) is 19.4 Å². The van der Waals surface area contributed by atoms with Gasteiger partial charge in [0.2, 0.25) is 0 Å². The van der Waals surface area contributed by atoms with E-state index in [-0.39, 0.29) is 11.6 Å². The van der Waals surface area contributed by atoms with Crippen molar-refractivity contribution in [2.24, 2.45) is 7.05 Å². The predicted molar refractivity (Wildman–Crippen MR) is 71.5 cm³/mol. The Labute approximate surface area is 103 Å². The SMILES string of the molecule is CC1=CC[C@@H]1Nc1cc(N)nc2[nH]n(C)c(=O)c12. The molecule has 0 amide bonds. The Kier molecular flexibility index (Phi) is 2.19. The van der Waals surface area contributed by atoms with Crippen molar-refractivity contribution in [1.29, 1.82) is 0 Å². The number of fused-ring (bicyclic) bond motifs is 1. The van der Waals surface area contributed by atoms with Gasteiger partial charge in [-0.15, -0.1) is 0 Å². The van der Waals surface area contributed by atoms with Gasteiger partial charge in [0.15, 0.2) is 5.65 Å². The van der Waals surface area contributed by atoms with Gasteiger partial charge in [-0.05, 0) is 13.3 Å². The van der Waals surface area contributed by atoms with Crippen LogP contribution in [-0.4, -0.2) is 20.8 Å². The van der Waals surface area contributed by atoms with Gasteiger partial charge in [0.05, 0.1) is 11.7 Å². The van der Waals surface area contributed by atoms with E-state index in [0.29, 0.717) is 16.9 Å². The second-order valence-corrected chi connectivity index (χ2v) is 4.68. The summed E-state index contributed by atoms with van der Waals surface area (Å²) >= 11 is 0. The number of pyridine rings is 1. The first-order valence-electron chi connectivity index (χ1n) is 5.84. The lowest BCUT2D eigenvalue weighted by Gasteiger charge is -2.26. The maximum atomic E-state index is 12.0. The predicted octanol–water partition coefficient (Wildman–Crippen LogP) is 0.974. The van der Waals surface area contributed by atoms with Crippen LogP contribution in [0.15, 0.2) is 22.5 Å². The summed E-state index contributed by atoms with van der Waals surface area (Å²) in [6.45, 7) is 2.07. The number of rotatable bonds is 2. The number of hydrogen-bond acceptors (Lipinski definition) is 4. The number of anilines is 2. The zero-order chi connectivity index (χ0) is 12.9. The number of hydrogen-bond donors (Lipinski definition) is 3. The quantitative estimate of drug-likeness (QED) is 0.688. The van der Waals surface area contributed by atoms with Crippen LogP contribution in [0.3, 0.4) is 0 Å². The standard InChI is InChI=1S/C12H15N5O/c1-6-3-4-7(6)14-8-5-9(13)15-11-10(8)12(18)17(2)16-11/h3,5,7H,4H2,1-2H3,(H4,13,14,15,16)/t7-/m0/s1. The van der Waals surface area contributed by atoms with E-state index in [9.17, 15) is 4.79 Å². The first kappa shape index (κ1) is 10.9. The van der Waals surface area contributed by atoms with E-state index in [1.807, 2.05) is 0 Å². The second-order valence-electron chi connectivity index (χ2n) is 4.68. The van der Waals surface area contributed by atoms with Gasteiger partial charge in [-0.25, -0.2) is 4.98 Å². The fraction of sp³-hybridized carbons (Fsp3) is 0.333. The molecule has 0 spiro atoms. The highest BCUT2D eigenvalue weighted by Gasteiger charge is 2.20. The molecule has 0 saturated carbocycles. The molecule has 0 bridgehead atoms. The van der Waals surface area contributed by atoms with Crippen LogP contribution in [0.5, 0.6) is 0 Å². The van der Waals surface area contributed by atoms with Crippen LogP contribution in [0, 0.1) is 0 Å². The van der Waals surface area contributed by atoms with Gasteiger partial charge >= 0.3 is 0 Å². The number of nitrogens with two attached hydrogens (primary N) is 1. The summed E-state index contributed by atoms with van der Waals surface area (Å²) in [6, 6.07) is 2.00. The zero-order valence-corrected chi connectivity index (χ0v) is 10.3. The molecule has 1 atom stereocenters. The van der Waals surface area contributed by atoms with Crippen molar-refractivity contribution in [3.8, 4) is 0 Å². The van der Waals surface area contributed by atoms with Crippen molar-refractivity contribution in [1.82, 2.24) is 14.8 Å². The Morgan fingerprint density at radius 3 is 3.00 bits per heavy atom. The molecule has 0 aliphatic heterocycles. The summed E-state index contributed by atoms with van der Waals surface area (Å²) in [7, 11) is 1.67. The van der Waals surface area contributed by atoms with Crippen LogP contribution in [0.4, 0.5) is 11.5 Å². The third-order valence-corrected chi connectivity index (χ3v) is 3.39. The van der Waals surface area contributed by atoms with Crippen LogP contribution in [-0.2, 0) is 7.05 Å². The molecule has 0 aromatic carbocycles. The van der Waals surface area contributed by atoms with Crippen molar-refractivity contribution in [3.05, 3.63) is 28.1 Å². The molecule has 0 unspecified atom stereocenters. The molecule has 0 saturated heterocycles. The van der Waals surface area contributed by atoms with E-state index >= 15 is 0 Å². The Bertz CT molecular complexity index is 709. The van der Waals surface area contributed by atoms with E-state index < -0.39 is 0 Å². The summed E-state index contributed by atoms with van der Waals surface area (Å²) in [6.07, 6.45) is 3.13. The van der Waals surface area contributed by atoms with Gasteiger partial charge in [0.1, 0.15) is 11.2 Å². The average molecular weight is 245 g/mol. The van der Waals surface area contributed by atoms with Crippen LogP contribution in [0.25, 0.3) is 11.0 Å². The highest BCUT2D eigenvalue weighted by Crippen LogP contribution is 2.27. The molecule has 0 radical (unpaired) electrons. The normalized spacial score (nSPS) is 18.6. The minimum Gasteiger partial charge on any atom is -0.384 e. The molecule has 94 valence electrons. The summed E-state index contributed by atoms with van der Waals surface area (Å²) in [4.78, 5) is 16.2. The summed E-state index contributed by atoms with van der Waals surface area (Å²) < 4.78 is 1.41. The molecule has 4 N–H and O–H groups in total. The van der Waals surface area contributed by atoms with Gasteiger partial charge < -0.3 is 11.1 Å². The minimum atomic E-state index is -0.0963. The van der Waals surface area contributed by atoms with Gasteiger partial charge in [0.25, 0.3) is 5.56 Å². The smallest absolute Gasteiger partial charge is 0.277 e. The maximum absolute atomic E-state index is 12.0. The number of aryl methyl sites for hydroxylation is 1. The van der Waals surface area contributed by atoms with E-state index in [0.717, 1.165) is 12.1 Å². The molecule has 1 aliphatic carbocycles. The Morgan fingerprint density at radius 2 is 2.39 bits per heavy atom. The van der Waals surface area contributed by atoms with Crippen molar-refractivity contribution in [3.63, 3.8) is 0 Å². The Balaban J connectivity index is 2.15. The minimum absolute atomic E-state index is 0.0963. The van der Waals surface area contributed by atoms with Crippen LogP contribution in [0.2, 0.25) is 0 Å². The van der Waals surface area contributed by atoms with E-state index in [1.54, 1.807) is 13.1 Å². The first-order chi connectivity index (χ1) is 8.56. The van der Waals surface area contributed by atoms with Crippen LogP contribution in [0.1, 0.15) is 13.3 Å². The molecule has 2 heterocycles. The third kappa shape index (κ3) is 1.49. The fourth-order valence-electron chi connectivity index (χ4n) is 2.19. The molecule has 18 heavy (non-hydrogen) atoms. The molecule has 2 aromatic rings. The van der Waals surface area contributed by atoms with Gasteiger partial charge in [-0.3, -0.25) is 14.6 Å². The molecule has 1 aliphatic rings. The number of aromatic nitrogens is 3. The third-order valence-electron chi connectivity index (χ3n) is 3.39. The van der Waals surface area contributed by atoms with E-state index in [4.69, 9.17) is 5.73 Å². The van der Waals surface area contributed by atoms with Crippen molar-refractivity contribution >= 4 is 22.5 Å². The average Bonchev–Trinajstić information content (AvgIpc) is 2.59. The molecule has 0 fully saturated rings. The Morgan fingerprint density at radius 1 is 1.61 bits per heavy atom. The molecule has 2 aromatic heterocycles. The molecule has 6 heteroatoms. The number of nitrogens with zero attached hydrogens (tertiary/aromatic N) is 2. The van der Waals surface area contributed by atoms with Gasteiger partial charge in [0, 0.05) is 13.1 Å². The molecule has 6 nitrogen and oxygen atoms in total. The number of nitrogens with one attached hydrogen (secondary N) is 2. The maximum Gasteiger partial charge on any atom is 0.277 e. The lowest BCUT2D eigenvalue weighted by atomic mass is 9.93. The molecular weight excluding hydrogens is 230 g/mol. The van der Waals surface area contributed by atoms with E-state index in [1.165, 1.54) is 10.3 Å². The zero-order valence-electron chi connectivity index (χ0n) is 10.3. The topological polar surface area (TPSA) is 88.7 Å². The second kappa shape index (κ2) is 3.63. The largest absolute Gasteiger partial charge is 0.384 e. The number of aromatic amines is 1. The van der Waals surface area contributed by atoms with Crippen LogP contribution < -0.4 is 16.6 Å². The molecular formula is C12H15N5O. The summed E-state index contributed by atoms with van der Waals surface area (Å²) in [5, 5.41) is 6.79. The fourth-order valence-corrected chi connectivity index (χ4v) is 2.19. The van der Waals surface area contributed by atoms with Gasteiger partial charge in [-0.1, -0.05) is 11.6 Å². The summed E-state index contributed by atoms with van der Waals surface area (Å²) in [5.74, 6) is 0.396. The van der Waals surface area contributed by atoms with Crippen LogP contribution >= 0.6 is 0 Å². The first-order valence-corrected chi connectivity index (χ1v) is 5.84. The van der Waals surface area contributed by atoms with Crippen molar-refractivity contribution < 1.29 is 0 Å².